The van der Waals surface area contributed by atoms with Crippen LogP contribution in [-0.4, -0.2) is 53.2 Å². The van der Waals surface area contributed by atoms with Crippen molar-refractivity contribution in [2.75, 3.05) is 44.1 Å². The molecule has 130 valence electrons. The molecular formula is C16H24N6O2. The number of anilines is 2. The Morgan fingerprint density at radius 1 is 1.46 bits per heavy atom. The topological polar surface area (TPSA) is 91.3 Å². The molecule has 0 unspecified atom stereocenters. The maximum atomic E-state index is 5.95. The molecule has 0 saturated carbocycles. The van der Waals surface area contributed by atoms with E-state index < -0.39 is 0 Å². The van der Waals surface area contributed by atoms with Gasteiger partial charge in [0.2, 0.25) is 5.95 Å². The molecule has 8 heteroatoms. The van der Waals surface area contributed by atoms with E-state index in [9.17, 15) is 0 Å². The molecule has 2 aromatic heterocycles. The highest BCUT2D eigenvalue weighted by Crippen LogP contribution is 2.27. The Morgan fingerprint density at radius 3 is 3.00 bits per heavy atom. The second kappa shape index (κ2) is 7.59. The molecule has 1 atom stereocenters. The molecular weight excluding hydrogens is 308 g/mol. The Bertz CT molecular complexity index is 668. The lowest BCUT2D eigenvalue weighted by atomic mass is 10.0. The third-order valence-corrected chi connectivity index (χ3v) is 4.12. The first kappa shape index (κ1) is 16.7. The quantitative estimate of drug-likeness (QED) is 0.807. The minimum Gasteiger partial charge on any atom is -0.383 e. The summed E-state index contributed by atoms with van der Waals surface area (Å²) in [7, 11) is 3.60. The summed E-state index contributed by atoms with van der Waals surface area (Å²) in [4.78, 5) is 11.0. The van der Waals surface area contributed by atoms with E-state index >= 15 is 0 Å². The van der Waals surface area contributed by atoms with Gasteiger partial charge >= 0.3 is 0 Å². The third kappa shape index (κ3) is 4.01. The van der Waals surface area contributed by atoms with Crippen molar-refractivity contribution in [2.45, 2.75) is 18.9 Å². The van der Waals surface area contributed by atoms with Crippen molar-refractivity contribution in [3.8, 4) is 0 Å². The number of nitrogens with two attached hydrogens (primary N) is 1. The van der Waals surface area contributed by atoms with Gasteiger partial charge < -0.3 is 20.1 Å². The number of aryl methyl sites for hydroxylation is 1. The van der Waals surface area contributed by atoms with Crippen LogP contribution in [0.15, 0.2) is 18.5 Å². The summed E-state index contributed by atoms with van der Waals surface area (Å²) in [5, 5.41) is 4.23. The van der Waals surface area contributed by atoms with Gasteiger partial charge in [0.15, 0.2) is 0 Å². The Hall–Kier alpha value is -2.19. The highest BCUT2D eigenvalue weighted by molar-refractivity contribution is 5.45. The Labute approximate surface area is 141 Å². The highest BCUT2D eigenvalue weighted by Gasteiger charge is 2.22. The molecule has 1 saturated heterocycles. The Balaban J connectivity index is 1.85. The van der Waals surface area contributed by atoms with Gasteiger partial charge in [0.05, 0.1) is 25.1 Å². The fourth-order valence-corrected chi connectivity index (χ4v) is 2.86. The maximum absolute atomic E-state index is 5.95. The molecule has 2 aromatic rings. The fraction of sp³-hybridized carbons (Fsp3) is 0.562. The van der Waals surface area contributed by atoms with Gasteiger partial charge in [0.25, 0.3) is 0 Å². The summed E-state index contributed by atoms with van der Waals surface area (Å²) in [6.07, 6.45) is 4.82. The van der Waals surface area contributed by atoms with Crippen LogP contribution in [0.5, 0.6) is 0 Å². The van der Waals surface area contributed by atoms with E-state index in [0.717, 1.165) is 30.1 Å². The highest BCUT2D eigenvalue weighted by atomic mass is 16.5. The molecule has 3 heterocycles. The predicted molar refractivity (Wildman–Crippen MR) is 90.8 cm³/mol. The average Bonchev–Trinajstić information content (AvgIpc) is 3.22. The molecule has 0 aromatic carbocycles. The number of nitrogen functional groups attached to an aromatic ring is 1. The third-order valence-electron chi connectivity index (χ3n) is 4.12. The van der Waals surface area contributed by atoms with Crippen LogP contribution in [0.25, 0.3) is 0 Å². The number of hydrogen-bond acceptors (Lipinski definition) is 7. The lowest BCUT2D eigenvalue weighted by Crippen LogP contribution is -2.28. The van der Waals surface area contributed by atoms with Crippen molar-refractivity contribution >= 4 is 11.8 Å². The lowest BCUT2D eigenvalue weighted by molar-refractivity contribution is 0.193. The molecule has 1 aliphatic heterocycles. The summed E-state index contributed by atoms with van der Waals surface area (Å²) in [6, 6.07) is 2.02. The standard InChI is InChI=1S/C16H24N6O2/c1-21-9-12(8-18-21)10-22(4-6-23-2)15-7-14(19-16(17)20-15)13-3-5-24-11-13/h7-9,13H,3-6,10-11H2,1-2H3,(H2,17,19,20)/t13-/m0/s1. The van der Waals surface area contributed by atoms with Crippen LogP contribution in [0.2, 0.25) is 0 Å². The maximum Gasteiger partial charge on any atom is 0.222 e. The van der Waals surface area contributed by atoms with Crippen molar-refractivity contribution in [1.82, 2.24) is 19.7 Å². The molecule has 0 amide bonds. The first-order valence-electron chi connectivity index (χ1n) is 8.09. The van der Waals surface area contributed by atoms with Crippen LogP contribution >= 0.6 is 0 Å². The van der Waals surface area contributed by atoms with E-state index in [4.69, 9.17) is 15.2 Å². The van der Waals surface area contributed by atoms with Gasteiger partial charge in [-0.05, 0) is 6.42 Å². The predicted octanol–water partition coefficient (Wildman–Crippen LogP) is 0.949. The van der Waals surface area contributed by atoms with Crippen LogP contribution in [0, 0.1) is 0 Å². The number of methoxy groups -OCH3 is 1. The number of nitrogens with zero attached hydrogens (tertiary/aromatic N) is 5. The summed E-state index contributed by atoms with van der Waals surface area (Å²) >= 11 is 0. The Kier molecular flexibility index (Phi) is 5.27. The zero-order valence-corrected chi connectivity index (χ0v) is 14.2. The molecule has 1 fully saturated rings. The number of ether oxygens (including phenoxy) is 2. The monoisotopic (exact) mass is 332 g/mol. The summed E-state index contributed by atoms with van der Waals surface area (Å²) in [6.45, 7) is 3.46. The minimum atomic E-state index is 0.289. The van der Waals surface area contributed by atoms with Crippen molar-refractivity contribution in [3.05, 3.63) is 29.7 Å². The second-order valence-electron chi connectivity index (χ2n) is 6.01. The van der Waals surface area contributed by atoms with Gasteiger partial charge in [0, 0.05) is 57.6 Å². The van der Waals surface area contributed by atoms with Crippen molar-refractivity contribution in [1.29, 1.82) is 0 Å². The summed E-state index contributed by atoms with van der Waals surface area (Å²) in [5.41, 5.74) is 8.01. The van der Waals surface area contributed by atoms with Gasteiger partial charge in [-0.1, -0.05) is 0 Å². The molecule has 24 heavy (non-hydrogen) atoms. The van der Waals surface area contributed by atoms with Crippen molar-refractivity contribution in [3.63, 3.8) is 0 Å². The van der Waals surface area contributed by atoms with E-state index in [1.165, 1.54) is 0 Å². The molecule has 3 rings (SSSR count). The SMILES string of the molecule is COCCN(Cc1cnn(C)c1)c1cc([C@H]2CCOC2)nc(N)n1. The average molecular weight is 332 g/mol. The Morgan fingerprint density at radius 2 is 2.33 bits per heavy atom. The second-order valence-corrected chi connectivity index (χ2v) is 6.01. The molecule has 0 aliphatic carbocycles. The van der Waals surface area contributed by atoms with Crippen molar-refractivity contribution in [2.24, 2.45) is 7.05 Å². The summed E-state index contributed by atoms with van der Waals surface area (Å²) < 4.78 is 12.5. The van der Waals surface area contributed by atoms with Crippen LogP contribution in [-0.2, 0) is 23.1 Å². The van der Waals surface area contributed by atoms with Crippen LogP contribution in [0.4, 0.5) is 11.8 Å². The first-order valence-corrected chi connectivity index (χ1v) is 8.09. The lowest BCUT2D eigenvalue weighted by Gasteiger charge is -2.24. The van der Waals surface area contributed by atoms with Gasteiger partial charge in [0.1, 0.15) is 5.82 Å². The van der Waals surface area contributed by atoms with E-state index in [-0.39, 0.29) is 5.92 Å². The van der Waals surface area contributed by atoms with E-state index in [2.05, 4.69) is 20.0 Å². The molecule has 1 aliphatic rings. The minimum absolute atomic E-state index is 0.289. The van der Waals surface area contributed by atoms with Crippen LogP contribution in [0.1, 0.15) is 23.6 Å². The van der Waals surface area contributed by atoms with Gasteiger partial charge in [-0.2, -0.15) is 10.1 Å². The van der Waals surface area contributed by atoms with Gasteiger partial charge in [-0.15, -0.1) is 0 Å². The number of hydrogen-bond donors (Lipinski definition) is 1. The molecule has 0 bridgehead atoms. The van der Waals surface area contributed by atoms with Gasteiger partial charge in [-0.3, -0.25) is 4.68 Å². The smallest absolute Gasteiger partial charge is 0.222 e. The van der Waals surface area contributed by atoms with Crippen LogP contribution in [0.3, 0.4) is 0 Å². The molecule has 0 spiro atoms. The number of aromatic nitrogens is 4. The molecule has 2 N–H and O–H groups in total. The largest absolute Gasteiger partial charge is 0.383 e. The van der Waals surface area contributed by atoms with E-state index in [1.54, 1.807) is 11.8 Å². The normalized spacial score (nSPS) is 17.3. The molecule has 8 nitrogen and oxygen atoms in total. The zero-order valence-electron chi connectivity index (χ0n) is 14.2. The van der Waals surface area contributed by atoms with E-state index in [0.29, 0.717) is 32.3 Å². The van der Waals surface area contributed by atoms with Crippen molar-refractivity contribution < 1.29 is 9.47 Å². The van der Waals surface area contributed by atoms with Crippen LogP contribution < -0.4 is 10.6 Å². The molecule has 0 radical (unpaired) electrons. The van der Waals surface area contributed by atoms with E-state index in [1.807, 2.05) is 25.5 Å². The fourth-order valence-electron chi connectivity index (χ4n) is 2.86. The zero-order chi connectivity index (χ0) is 16.9. The van der Waals surface area contributed by atoms with Gasteiger partial charge in [-0.25, -0.2) is 4.98 Å². The first-order chi connectivity index (χ1) is 11.7. The summed E-state index contributed by atoms with van der Waals surface area (Å²) in [5.74, 6) is 1.39. The number of rotatable bonds is 7.